The van der Waals surface area contributed by atoms with Crippen molar-refractivity contribution in [1.82, 2.24) is 9.21 Å². The molecule has 0 spiro atoms. The van der Waals surface area contributed by atoms with Gasteiger partial charge in [0, 0.05) is 38.6 Å². The molecule has 0 aliphatic carbocycles. The van der Waals surface area contributed by atoms with E-state index in [-0.39, 0.29) is 30.6 Å². The molecule has 6 nitrogen and oxygen atoms in total. The SMILES string of the molecule is CS(=O)(=O)N1C[C@H]2CN(Cc3ccc(Cl)c(F)c3)C[C@@]2(C(=O)O)C1. The summed E-state index contributed by atoms with van der Waals surface area (Å²) in [6, 6.07) is 4.52. The van der Waals surface area contributed by atoms with Crippen LogP contribution in [0.3, 0.4) is 0 Å². The Kier molecular flexibility index (Phi) is 4.36. The highest BCUT2D eigenvalue weighted by atomic mass is 35.5. The molecule has 0 radical (unpaired) electrons. The van der Waals surface area contributed by atoms with Crippen LogP contribution in [0.25, 0.3) is 0 Å². The van der Waals surface area contributed by atoms with Gasteiger partial charge in [0.1, 0.15) is 5.82 Å². The van der Waals surface area contributed by atoms with E-state index in [1.807, 2.05) is 4.90 Å². The first-order chi connectivity index (χ1) is 11.1. The maximum Gasteiger partial charge on any atom is 0.312 e. The van der Waals surface area contributed by atoms with Crippen molar-refractivity contribution in [3.05, 3.63) is 34.6 Å². The second kappa shape index (κ2) is 5.94. The number of fused-ring (bicyclic) bond motifs is 1. The minimum atomic E-state index is -3.42. The van der Waals surface area contributed by atoms with Crippen LogP contribution >= 0.6 is 11.6 Å². The fourth-order valence-corrected chi connectivity index (χ4v) is 4.73. The van der Waals surface area contributed by atoms with Crippen molar-refractivity contribution >= 4 is 27.6 Å². The fraction of sp³-hybridized carbons (Fsp3) is 0.533. The topological polar surface area (TPSA) is 77.9 Å². The average molecular weight is 377 g/mol. The second-order valence-corrected chi connectivity index (χ2v) is 9.02. The van der Waals surface area contributed by atoms with E-state index in [1.165, 1.54) is 16.4 Å². The zero-order chi connectivity index (χ0) is 17.7. The summed E-state index contributed by atoms with van der Waals surface area (Å²) in [4.78, 5) is 13.8. The molecule has 2 fully saturated rings. The second-order valence-electron chi connectivity index (χ2n) is 6.63. The number of carboxylic acid groups (broad SMARTS) is 1. The molecule has 3 rings (SSSR count). The molecule has 2 saturated heterocycles. The van der Waals surface area contributed by atoms with E-state index in [0.717, 1.165) is 6.26 Å². The average Bonchev–Trinajstić information content (AvgIpc) is 2.97. The van der Waals surface area contributed by atoms with Crippen molar-refractivity contribution in [2.75, 3.05) is 32.4 Å². The van der Waals surface area contributed by atoms with Gasteiger partial charge in [-0.1, -0.05) is 17.7 Å². The number of hydrogen-bond donors (Lipinski definition) is 1. The van der Waals surface area contributed by atoms with E-state index in [9.17, 15) is 22.7 Å². The van der Waals surface area contributed by atoms with Crippen LogP contribution < -0.4 is 0 Å². The molecule has 0 aromatic heterocycles. The summed E-state index contributed by atoms with van der Waals surface area (Å²) >= 11 is 5.67. The monoisotopic (exact) mass is 376 g/mol. The lowest BCUT2D eigenvalue weighted by atomic mass is 9.81. The summed E-state index contributed by atoms with van der Waals surface area (Å²) in [5.74, 6) is -1.77. The number of rotatable bonds is 4. The van der Waals surface area contributed by atoms with Gasteiger partial charge in [0.05, 0.1) is 16.7 Å². The highest BCUT2D eigenvalue weighted by molar-refractivity contribution is 7.88. The molecule has 2 atom stereocenters. The Morgan fingerprint density at radius 1 is 1.42 bits per heavy atom. The molecule has 0 saturated carbocycles. The lowest BCUT2D eigenvalue weighted by molar-refractivity contribution is -0.148. The molecule has 1 aromatic carbocycles. The van der Waals surface area contributed by atoms with Gasteiger partial charge in [-0.3, -0.25) is 9.69 Å². The molecule has 1 N–H and O–H groups in total. The van der Waals surface area contributed by atoms with Gasteiger partial charge in [-0.05, 0) is 17.7 Å². The zero-order valence-electron chi connectivity index (χ0n) is 13.1. The van der Waals surface area contributed by atoms with Crippen molar-refractivity contribution in [1.29, 1.82) is 0 Å². The number of likely N-dealkylation sites (tertiary alicyclic amines) is 1. The molecule has 1 aromatic rings. The standard InChI is InChI=1S/C15H18ClFN2O4S/c1-24(22,23)19-7-11-6-18(8-15(11,9-19)14(20)21)5-10-2-3-12(16)13(17)4-10/h2-4,11H,5-9H2,1H3,(H,20,21)/t11-,15-/m1/s1. The number of carboxylic acids is 1. The summed E-state index contributed by atoms with van der Waals surface area (Å²) in [7, 11) is -3.42. The molecule has 2 heterocycles. The molecule has 0 unspecified atom stereocenters. The van der Waals surface area contributed by atoms with Gasteiger partial charge in [0.15, 0.2) is 0 Å². The number of benzene rings is 1. The van der Waals surface area contributed by atoms with Crippen molar-refractivity contribution in [3.8, 4) is 0 Å². The van der Waals surface area contributed by atoms with E-state index in [4.69, 9.17) is 11.6 Å². The molecule has 0 amide bonds. The Morgan fingerprint density at radius 3 is 2.67 bits per heavy atom. The quantitative estimate of drug-likeness (QED) is 0.855. The highest BCUT2D eigenvalue weighted by Crippen LogP contribution is 2.44. The number of aliphatic carboxylic acids is 1. The lowest BCUT2D eigenvalue weighted by Crippen LogP contribution is -2.41. The third-order valence-corrected chi connectivity index (χ3v) is 6.46. The minimum Gasteiger partial charge on any atom is -0.481 e. The van der Waals surface area contributed by atoms with Crippen LogP contribution in [0, 0.1) is 17.2 Å². The van der Waals surface area contributed by atoms with Gasteiger partial charge in [-0.15, -0.1) is 0 Å². The summed E-state index contributed by atoms with van der Waals surface area (Å²) in [5.41, 5.74) is -0.397. The normalized spacial score (nSPS) is 28.2. The molecule has 2 aliphatic heterocycles. The Morgan fingerprint density at radius 2 is 2.12 bits per heavy atom. The fourth-order valence-electron chi connectivity index (χ4n) is 3.69. The minimum absolute atomic E-state index is 0.0166. The third kappa shape index (κ3) is 3.03. The van der Waals surface area contributed by atoms with Crippen molar-refractivity contribution < 1.29 is 22.7 Å². The smallest absolute Gasteiger partial charge is 0.312 e. The van der Waals surface area contributed by atoms with Crippen LogP contribution in [0.2, 0.25) is 5.02 Å². The van der Waals surface area contributed by atoms with E-state index in [1.54, 1.807) is 6.07 Å². The Hall–Kier alpha value is -1.22. The summed E-state index contributed by atoms with van der Waals surface area (Å²) in [5, 5.41) is 9.74. The first kappa shape index (κ1) is 17.6. The predicted octanol–water partition coefficient (Wildman–Crippen LogP) is 1.26. The number of halogens is 2. The summed E-state index contributed by atoms with van der Waals surface area (Å²) in [6.07, 6.45) is 1.10. The maximum atomic E-state index is 13.6. The predicted molar refractivity (Wildman–Crippen MR) is 86.7 cm³/mol. The van der Waals surface area contributed by atoms with Crippen LogP contribution in [-0.2, 0) is 21.4 Å². The molecule has 0 bridgehead atoms. The molecule has 9 heteroatoms. The molecule has 24 heavy (non-hydrogen) atoms. The van der Waals surface area contributed by atoms with Gasteiger partial charge in [-0.25, -0.2) is 17.1 Å². The lowest BCUT2D eigenvalue weighted by Gasteiger charge is -2.24. The first-order valence-corrected chi connectivity index (χ1v) is 9.69. The van der Waals surface area contributed by atoms with Gasteiger partial charge < -0.3 is 5.11 Å². The molecule has 132 valence electrons. The third-order valence-electron chi connectivity index (χ3n) is 4.93. The summed E-state index contributed by atoms with van der Waals surface area (Å²) in [6.45, 7) is 1.29. The van der Waals surface area contributed by atoms with E-state index < -0.39 is 27.2 Å². The largest absolute Gasteiger partial charge is 0.481 e. The van der Waals surface area contributed by atoms with Crippen LogP contribution in [0.5, 0.6) is 0 Å². The van der Waals surface area contributed by atoms with Crippen LogP contribution in [0.4, 0.5) is 4.39 Å². The van der Waals surface area contributed by atoms with Gasteiger partial charge in [-0.2, -0.15) is 0 Å². The Labute approximate surface area is 144 Å². The van der Waals surface area contributed by atoms with Crippen molar-refractivity contribution in [2.45, 2.75) is 6.54 Å². The Balaban J connectivity index is 1.78. The Bertz CT molecular complexity index is 788. The number of nitrogens with zero attached hydrogens (tertiary/aromatic N) is 2. The number of carbonyl (C=O) groups is 1. The zero-order valence-corrected chi connectivity index (χ0v) is 14.6. The van der Waals surface area contributed by atoms with Gasteiger partial charge in [0.25, 0.3) is 0 Å². The van der Waals surface area contributed by atoms with E-state index >= 15 is 0 Å². The molecular formula is C15H18ClFN2O4S. The summed E-state index contributed by atoms with van der Waals surface area (Å²) < 4.78 is 38.3. The van der Waals surface area contributed by atoms with Crippen LogP contribution in [-0.4, -0.2) is 61.1 Å². The van der Waals surface area contributed by atoms with Crippen molar-refractivity contribution in [3.63, 3.8) is 0 Å². The van der Waals surface area contributed by atoms with E-state index in [0.29, 0.717) is 18.7 Å². The molecule has 2 aliphatic rings. The van der Waals surface area contributed by atoms with E-state index in [2.05, 4.69) is 0 Å². The highest BCUT2D eigenvalue weighted by Gasteiger charge is 2.59. The van der Waals surface area contributed by atoms with Crippen LogP contribution in [0.15, 0.2) is 18.2 Å². The van der Waals surface area contributed by atoms with Crippen LogP contribution in [0.1, 0.15) is 5.56 Å². The maximum absolute atomic E-state index is 13.6. The molecular weight excluding hydrogens is 359 g/mol. The van der Waals surface area contributed by atoms with Gasteiger partial charge >= 0.3 is 5.97 Å². The number of sulfonamides is 1. The first-order valence-electron chi connectivity index (χ1n) is 7.46. The number of hydrogen-bond acceptors (Lipinski definition) is 4. The van der Waals surface area contributed by atoms with Gasteiger partial charge in [0.2, 0.25) is 10.0 Å². The van der Waals surface area contributed by atoms with Crippen molar-refractivity contribution in [2.24, 2.45) is 11.3 Å².